The largest absolute Gasteiger partial charge is 0.350 e. The highest BCUT2D eigenvalue weighted by molar-refractivity contribution is 5.73. The van der Waals surface area contributed by atoms with Crippen molar-refractivity contribution in [1.29, 1.82) is 0 Å². The molecule has 1 aromatic rings. The minimum Gasteiger partial charge on any atom is -0.350 e. The number of hydrogen-bond donors (Lipinski definition) is 1. The van der Waals surface area contributed by atoms with Gasteiger partial charge in [0.25, 0.3) is 0 Å². The zero-order valence-electron chi connectivity index (χ0n) is 16.0. The molecule has 3 heteroatoms. The normalized spacial score (nSPS) is 35.4. The lowest BCUT2D eigenvalue weighted by molar-refractivity contribution is -0.119. The second-order valence-corrected chi connectivity index (χ2v) is 9.44. The van der Waals surface area contributed by atoms with Gasteiger partial charge >= 0.3 is 0 Å². The molecule has 1 aliphatic heterocycles. The minimum atomic E-state index is 0. The van der Waals surface area contributed by atoms with Crippen LogP contribution in [0, 0.1) is 11.8 Å². The van der Waals surface area contributed by atoms with Gasteiger partial charge in [-0.1, -0.05) is 30.7 Å². The van der Waals surface area contributed by atoms with Crippen LogP contribution in [0.2, 0.25) is 0 Å². The lowest BCUT2D eigenvalue weighted by Gasteiger charge is -2.49. The van der Waals surface area contributed by atoms with Crippen molar-refractivity contribution in [3.8, 4) is 0 Å². The smallest absolute Gasteiger partial charge is 0.217 e. The summed E-state index contributed by atoms with van der Waals surface area (Å²) >= 11 is 0. The molecule has 2 bridgehead atoms. The van der Waals surface area contributed by atoms with Crippen molar-refractivity contribution < 1.29 is 6.22 Å². The van der Waals surface area contributed by atoms with Crippen molar-refractivity contribution in [3.05, 3.63) is 35.4 Å². The van der Waals surface area contributed by atoms with Gasteiger partial charge in [0.2, 0.25) is 5.91 Å². The summed E-state index contributed by atoms with van der Waals surface area (Å²) < 4.78 is 0. The summed E-state index contributed by atoms with van der Waals surface area (Å²) in [5.74, 6) is 2.12. The molecule has 3 nitrogen and oxygen atoms in total. The number of hydrogen-bond acceptors (Lipinski definition) is 2. The zero-order chi connectivity index (χ0) is 17.7. The predicted octanol–water partition coefficient (Wildman–Crippen LogP) is 4.43. The summed E-state index contributed by atoms with van der Waals surface area (Å²) in [5, 5.41) is 3.18. The number of carbonyl (C=O) groups excluding carboxylic acids is 1. The van der Waals surface area contributed by atoms with Gasteiger partial charge in [-0.15, -0.1) is 0 Å². The van der Waals surface area contributed by atoms with E-state index in [0.29, 0.717) is 5.41 Å². The molecule has 1 spiro atoms. The first kappa shape index (κ1) is 16.8. The molecule has 3 aliphatic carbocycles. The fraction of sp³-hybridized carbons (Fsp3) is 0.696. The van der Waals surface area contributed by atoms with Crippen LogP contribution in [0.4, 0.5) is 0 Å². The van der Waals surface area contributed by atoms with Crippen LogP contribution in [0.15, 0.2) is 24.3 Å². The van der Waals surface area contributed by atoms with E-state index in [2.05, 4.69) is 34.5 Å². The van der Waals surface area contributed by atoms with Crippen LogP contribution in [0.5, 0.6) is 0 Å². The average Bonchev–Trinajstić information content (AvgIpc) is 3.28. The fourth-order valence-electron chi connectivity index (χ4n) is 6.85. The molecule has 0 aromatic heterocycles. The molecule has 1 aromatic carbocycles. The lowest BCUT2D eigenvalue weighted by atomic mass is 9.63. The summed E-state index contributed by atoms with van der Waals surface area (Å²) in [5.41, 5.74) is 3.25. The van der Waals surface area contributed by atoms with Gasteiger partial charge < -0.3 is 10.2 Å². The Bertz CT molecular complexity index is 697. The fourth-order valence-corrected chi connectivity index (χ4v) is 6.85. The Balaban J connectivity index is 0.00000180. The van der Waals surface area contributed by atoms with Crippen LogP contribution in [-0.2, 0) is 10.2 Å². The van der Waals surface area contributed by atoms with Crippen LogP contribution < -0.4 is 5.32 Å². The molecule has 0 unspecified atom stereocenters. The number of fused-ring (bicyclic) bond motifs is 4. The van der Waals surface area contributed by atoms with Crippen molar-refractivity contribution in [1.82, 2.24) is 10.2 Å². The first-order chi connectivity index (χ1) is 12.6. The summed E-state index contributed by atoms with van der Waals surface area (Å²) in [6.07, 6.45) is 10.9. The quantitative estimate of drug-likeness (QED) is 0.852. The number of rotatable bonds is 2. The van der Waals surface area contributed by atoms with E-state index >= 15 is 0 Å². The van der Waals surface area contributed by atoms with Gasteiger partial charge in [-0.3, -0.25) is 4.79 Å². The molecule has 4 aliphatic rings. The molecular formula is C23H34N2O. The van der Waals surface area contributed by atoms with E-state index in [0.717, 1.165) is 24.3 Å². The molecule has 1 heterocycles. The number of carbonyl (C=O) groups is 1. The van der Waals surface area contributed by atoms with E-state index in [4.69, 9.17) is 0 Å². The Morgan fingerprint density at radius 2 is 1.92 bits per heavy atom. The molecule has 1 N–H and O–H groups in total. The van der Waals surface area contributed by atoms with Gasteiger partial charge in [-0.2, -0.15) is 0 Å². The zero-order valence-corrected chi connectivity index (χ0v) is 16.0. The summed E-state index contributed by atoms with van der Waals surface area (Å²) in [4.78, 5) is 14.5. The van der Waals surface area contributed by atoms with E-state index in [1.165, 1.54) is 69.2 Å². The topological polar surface area (TPSA) is 32.3 Å². The molecule has 2 saturated carbocycles. The van der Waals surface area contributed by atoms with Crippen molar-refractivity contribution >= 4 is 5.91 Å². The number of likely N-dealkylation sites (tertiary alicyclic amines) is 1. The maximum Gasteiger partial charge on any atom is 0.217 e. The van der Waals surface area contributed by atoms with Gasteiger partial charge in [0, 0.05) is 14.4 Å². The molecule has 142 valence electrons. The van der Waals surface area contributed by atoms with E-state index in [-0.39, 0.29) is 13.4 Å². The molecule has 5 rings (SSSR count). The third-order valence-corrected chi connectivity index (χ3v) is 8.12. The third-order valence-electron chi connectivity index (χ3n) is 8.12. The Hall–Kier alpha value is -1.35. The van der Waals surface area contributed by atoms with Gasteiger partial charge in [-0.05, 0) is 86.4 Å². The van der Waals surface area contributed by atoms with Crippen molar-refractivity contribution in [2.75, 3.05) is 13.1 Å². The van der Waals surface area contributed by atoms with Crippen molar-refractivity contribution in [3.63, 3.8) is 0 Å². The van der Waals surface area contributed by atoms with Crippen LogP contribution in [0.25, 0.3) is 0 Å². The number of nitrogens with zero attached hydrogens (tertiary/aromatic N) is 1. The molecule has 4 atom stereocenters. The van der Waals surface area contributed by atoms with Crippen LogP contribution >= 0.6 is 0 Å². The molecule has 1 amide bonds. The van der Waals surface area contributed by atoms with Crippen molar-refractivity contribution in [2.24, 2.45) is 11.8 Å². The highest BCUT2D eigenvalue weighted by Crippen LogP contribution is 2.51. The maximum atomic E-state index is 11.6. The van der Waals surface area contributed by atoms with Crippen LogP contribution in [0.1, 0.15) is 76.9 Å². The molecule has 26 heavy (non-hydrogen) atoms. The van der Waals surface area contributed by atoms with Gasteiger partial charge in [0.05, 0.1) is 6.04 Å². The molecule has 3 fully saturated rings. The maximum absolute atomic E-state index is 11.6. The second-order valence-electron chi connectivity index (χ2n) is 9.44. The molecule has 1 saturated heterocycles. The summed E-state index contributed by atoms with van der Waals surface area (Å²) in [7, 11) is 0. The van der Waals surface area contributed by atoms with Gasteiger partial charge in [-0.25, -0.2) is 0 Å². The minimum absolute atomic E-state index is 0. The standard InChI is InChI=1S/C23H32N2O.H2/c1-16(26)24-21-8-9-23(20-5-3-2-4-19(20)21)10-12-25(13-11-23)22-15-17-6-7-18(22)14-17;/h2-5,17-18,21-22H,6-15H2,1H3,(H,24,26);1H/t17-,18-,21+,22-;/m1./s1. The first-order valence-electron chi connectivity index (χ1n) is 10.8. The van der Waals surface area contributed by atoms with E-state index in [1.807, 2.05) is 0 Å². The third kappa shape index (κ3) is 2.70. The SMILES string of the molecule is CC(=O)N[C@H]1CCC2(CCN([C@@H]3C[C@@H]4CC[C@@H]3C4)CC2)c2ccccc21.[HH]. The van der Waals surface area contributed by atoms with Crippen LogP contribution in [0.3, 0.4) is 0 Å². The predicted molar refractivity (Wildman–Crippen MR) is 106 cm³/mol. The van der Waals surface area contributed by atoms with Gasteiger partial charge in [0.15, 0.2) is 0 Å². The van der Waals surface area contributed by atoms with E-state index in [9.17, 15) is 4.79 Å². The first-order valence-corrected chi connectivity index (χ1v) is 10.8. The highest BCUT2D eigenvalue weighted by atomic mass is 16.1. The Kier molecular flexibility index (Phi) is 4.11. The second kappa shape index (κ2) is 6.37. The number of benzene rings is 1. The van der Waals surface area contributed by atoms with Gasteiger partial charge in [0.1, 0.15) is 0 Å². The Morgan fingerprint density at radius 1 is 1.12 bits per heavy atom. The number of piperidine rings is 1. The van der Waals surface area contributed by atoms with E-state index in [1.54, 1.807) is 6.92 Å². The summed E-state index contributed by atoms with van der Waals surface area (Å²) in [6, 6.07) is 10.0. The monoisotopic (exact) mass is 354 g/mol. The number of nitrogens with one attached hydrogen (secondary N) is 1. The molecular weight excluding hydrogens is 320 g/mol. The lowest BCUT2D eigenvalue weighted by Crippen LogP contribution is -2.50. The Labute approximate surface area is 159 Å². The number of amides is 1. The van der Waals surface area contributed by atoms with E-state index < -0.39 is 0 Å². The summed E-state index contributed by atoms with van der Waals surface area (Å²) in [6.45, 7) is 4.18. The highest BCUT2D eigenvalue weighted by Gasteiger charge is 2.47. The average molecular weight is 355 g/mol. The Morgan fingerprint density at radius 3 is 2.62 bits per heavy atom. The molecule has 0 radical (unpaired) electrons. The van der Waals surface area contributed by atoms with Crippen molar-refractivity contribution in [2.45, 2.75) is 75.8 Å². The van der Waals surface area contributed by atoms with Crippen LogP contribution in [-0.4, -0.2) is 29.9 Å².